The van der Waals surface area contributed by atoms with Crippen molar-refractivity contribution in [2.24, 2.45) is 23.2 Å². The lowest BCUT2D eigenvalue weighted by molar-refractivity contribution is -0.139. The molecule has 1 N–H and O–H groups in total. The zero-order valence-corrected chi connectivity index (χ0v) is 20.5. The van der Waals surface area contributed by atoms with Gasteiger partial charge in [-0.25, -0.2) is 4.79 Å². The third kappa shape index (κ3) is 8.73. The largest absolute Gasteiger partial charge is 0.463 e. The van der Waals surface area contributed by atoms with E-state index in [1.807, 2.05) is 26.2 Å². The van der Waals surface area contributed by atoms with Gasteiger partial charge >= 0.3 is 5.97 Å². The normalized spacial score (nSPS) is 16.2. The molecule has 0 heterocycles. The Hall–Kier alpha value is -1.62. The Labute approximate surface area is 178 Å². The lowest BCUT2D eigenvalue weighted by Gasteiger charge is -2.33. The van der Waals surface area contributed by atoms with Crippen LogP contribution in [0.15, 0.2) is 23.8 Å². The van der Waals surface area contributed by atoms with Crippen LogP contribution >= 0.6 is 0 Å². The summed E-state index contributed by atoms with van der Waals surface area (Å²) in [7, 11) is 3.76. The van der Waals surface area contributed by atoms with Crippen molar-refractivity contribution in [3.05, 3.63) is 23.8 Å². The first-order valence-electron chi connectivity index (χ1n) is 10.8. The highest BCUT2D eigenvalue weighted by Crippen LogP contribution is 2.24. The van der Waals surface area contributed by atoms with E-state index in [0.717, 1.165) is 0 Å². The van der Waals surface area contributed by atoms with Gasteiger partial charge in [-0.1, -0.05) is 66.7 Å². The number of esters is 1. The predicted octanol–water partition coefficient (Wildman–Crippen LogP) is 4.44. The average Bonchev–Trinajstić information content (AvgIpc) is 2.60. The Balaban J connectivity index is 5.71. The van der Waals surface area contributed by atoms with Gasteiger partial charge in [-0.3, -0.25) is 4.79 Å². The van der Waals surface area contributed by atoms with Gasteiger partial charge in [0.15, 0.2) is 0 Å². The maximum absolute atomic E-state index is 13.4. The van der Waals surface area contributed by atoms with Gasteiger partial charge in [0.2, 0.25) is 5.91 Å². The fourth-order valence-electron chi connectivity index (χ4n) is 3.34. The van der Waals surface area contributed by atoms with Crippen LogP contribution in [0.1, 0.15) is 62.3 Å². The number of hydrogen-bond acceptors (Lipinski definition) is 4. The molecule has 0 aromatic carbocycles. The highest BCUT2D eigenvalue weighted by molar-refractivity contribution is 5.88. The van der Waals surface area contributed by atoms with E-state index in [1.54, 1.807) is 18.7 Å². The molecule has 168 valence electrons. The van der Waals surface area contributed by atoms with Crippen molar-refractivity contribution in [3.63, 3.8) is 0 Å². The van der Waals surface area contributed by atoms with Gasteiger partial charge in [0.25, 0.3) is 0 Å². The van der Waals surface area contributed by atoms with E-state index < -0.39 is 0 Å². The van der Waals surface area contributed by atoms with Crippen molar-refractivity contribution in [1.82, 2.24) is 10.2 Å². The standard InChI is InChI=1S/C24H44N2O3/c1-12-29-23(28)18(6)15-20(17(4)5)26(11)22(27)19(16(2)3)13-14-21(25-10)24(7,8)9/h13-17,19-21,25H,12H2,1-11H3/b14-13+,18-15+/t19-,20-,21?/m1/s1. The quantitative estimate of drug-likeness (QED) is 0.330. The number of nitrogens with zero attached hydrogens (tertiary/aromatic N) is 1. The minimum absolute atomic E-state index is 0.0572. The SMILES string of the molecule is CCOC(=O)/C(C)=C/[C@H](C(C)C)N(C)C(=O)[C@H](/C=C/C(NC)C(C)(C)C)C(C)C. The summed E-state index contributed by atoms with van der Waals surface area (Å²) in [5.74, 6) is -0.157. The maximum atomic E-state index is 13.4. The van der Waals surface area contributed by atoms with Crippen LogP contribution in [0, 0.1) is 23.2 Å². The molecule has 0 bridgehead atoms. The maximum Gasteiger partial charge on any atom is 0.333 e. The highest BCUT2D eigenvalue weighted by atomic mass is 16.5. The minimum atomic E-state index is -0.332. The Morgan fingerprint density at radius 2 is 1.62 bits per heavy atom. The van der Waals surface area contributed by atoms with E-state index in [1.165, 1.54) is 0 Å². The third-order valence-electron chi connectivity index (χ3n) is 5.25. The molecule has 29 heavy (non-hydrogen) atoms. The molecular formula is C24H44N2O3. The van der Waals surface area contributed by atoms with E-state index in [4.69, 9.17) is 4.74 Å². The fourth-order valence-corrected chi connectivity index (χ4v) is 3.34. The van der Waals surface area contributed by atoms with Crippen molar-refractivity contribution >= 4 is 11.9 Å². The van der Waals surface area contributed by atoms with Crippen LogP contribution in [0.5, 0.6) is 0 Å². The first-order chi connectivity index (χ1) is 13.3. The summed E-state index contributed by atoms with van der Waals surface area (Å²) in [5, 5.41) is 3.32. The first-order valence-corrected chi connectivity index (χ1v) is 10.8. The van der Waals surface area contributed by atoms with Crippen LogP contribution < -0.4 is 5.32 Å². The number of rotatable bonds is 10. The second-order valence-electron chi connectivity index (χ2n) is 9.54. The van der Waals surface area contributed by atoms with E-state index in [9.17, 15) is 9.59 Å². The fraction of sp³-hybridized carbons (Fsp3) is 0.750. The molecule has 0 aromatic heterocycles. The molecule has 0 spiro atoms. The summed E-state index contributed by atoms with van der Waals surface area (Å²) in [6.07, 6.45) is 6.00. The molecule has 3 atom stereocenters. The molecule has 1 amide bonds. The zero-order chi connectivity index (χ0) is 22.9. The summed E-state index contributed by atoms with van der Waals surface area (Å²) >= 11 is 0. The molecule has 0 aromatic rings. The van der Waals surface area contributed by atoms with E-state index >= 15 is 0 Å². The van der Waals surface area contributed by atoms with E-state index in [2.05, 4.69) is 59.9 Å². The van der Waals surface area contributed by atoms with Crippen LogP contribution in [-0.2, 0) is 14.3 Å². The zero-order valence-electron chi connectivity index (χ0n) is 20.5. The second kappa shape index (κ2) is 12.2. The number of hydrogen-bond donors (Lipinski definition) is 1. The Kier molecular flexibility index (Phi) is 11.5. The van der Waals surface area contributed by atoms with Crippen LogP contribution in [0.4, 0.5) is 0 Å². The Morgan fingerprint density at radius 1 is 1.07 bits per heavy atom. The lowest BCUT2D eigenvalue weighted by atomic mass is 9.84. The third-order valence-corrected chi connectivity index (χ3v) is 5.25. The summed E-state index contributed by atoms with van der Waals surface area (Å²) < 4.78 is 5.09. The van der Waals surface area contributed by atoms with Gasteiger partial charge < -0.3 is 15.0 Å². The number of likely N-dealkylation sites (N-methyl/N-ethyl adjacent to an activating group) is 2. The number of amides is 1. The summed E-state index contributed by atoms with van der Waals surface area (Å²) in [6.45, 7) is 18.6. The van der Waals surface area contributed by atoms with Gasteiger partial charge in [0.1, 0.15) is 0 Å². The Bertz CT molecular complexity index is 585. The number of carbonyl (C=O) groups is 2. The van der Waals surface area contributed by atoms with Crippen LogP contribution in [0.2, 0.25) is 0 Å². The van der Waals surface area contributed by atoms with Crippen LogP contribution in [-0.4, -0.2) is 49.6 Å². The van der Waals surface area contributed by atoms with Gasteiger partial charge in [0.05, 0.1) is 18.6 Å². The molecule has 0 rings (SSSR count). The number of carbonyl (C=O) groups excluding carboxylic acids is 2. The Morgan fingerprint density at radius 3 is 2.00 bits per heavy atom. The molecule has 0 aliphatic carbocycles. The average molecular weight is 409 g/mol. The topological polar surface area (TPSA) is 58.6 Å². The minimum Gasteiger partial charge on any atom is -0.463 e. The van der Waals surface area contributed by atoms with Gasteiger partial charge in [-0.15, -0.1) is 0 Å². The molecule has 1 unspecified atom stereocenters. The van der Waals surface area contributed by atoms with Crippen LogP contribution in [0.3, 0.4) is 0 Å². The number of nitrogens with one attached hydrogen (secondary N) is 1. The molecule has 0 aliphatic heterocycles. The molecule has 5 nitrogen and oxygen atoms in total. The summed E-state index contributed by atoms with van der Waals surface area (Å²) in [6, 6.07) is -0.00187. The van der Waals surface area contributed by atoms with Crippen molar-refractivity contribution in [1.29, 1.82) is 0 Å². The molecule has 0 radical (unpaired) electrons. The van der Waals surface area contributed by atoms with Crippen molar-refractivity contribution in [2.45, 2.75) is 74.4 Å². The monoisotopic (exact) mass is 408 g/mol. The molecular weight excluding hydrogens is 364 g/mol. The van der Waals surface area contributed by atoms with E-state index in [-0.39, 0.29) is 47.1 Å². The molecule has 0 saturated heterocycles. The van der Waals surface area contributed by atoms with E-state index in [0.29, 0.717) is 12.2 Å². The van der Waals surface area contributed by atoms with Gasteiger partial charge in [-0.05, 0) is 38.1 Å². The van der Waals surface area contributed by atoms with Crippen molar-refractivity contribution < 1.29 is 14.3 Å². The summed E-state index contributed by atoms with van der Waals surface area (Å²) in [5.41, 5.74) is 0.589. The molecule has 0 fully saturated rings. The van der Waals surface area contributed by atoms with Crippen molar-refractivity contribution in [2.75, 3.05) is 20.7 Å². The van der Waals surface area contributed by atoms with Crippen LogP contribution in [0.25, 0.3) is 0 Å². The van der Waals surface area contributed by atoms with Gasteiger partial charge in [-0.2, -0.15) is 0 Å². The number of ether oxygens (including phenoxy) is 1. The summed E-state index contributed by atoms with van der Waals surface area (Å²) in [4.78, 5) is 27.2. The molecule has 5 heteroatoms. The predicted molar refractivity (Wildman–Crippen MR) is 122 cm³/mol. The second-order valence-corrected chi connectivity index (χ2v) is 9.54. The smallest absolute Gasteiger partial charge is 0.333 e. The molecule has 0 aliphatic rings. The first kappa shape index (κ1) is 27.4. The van der Waals surface area contributed by atoms with Crippen molar-refractivity contribution in [3.8, 4) is 0 Å². The van der Waals surface area contributed by atoms with Gasteiger partial charge in [0, 0.05) is 18.7 Å². The lowest BCUT2D eigenvalue weighted by Crippen LogP contribution is -2.44. The molecule has 0 saturated carbocycles. The highest BCUT2D eigenvalue weighted by Gasteiger charge is 2.29.